The molecule has 86 valence electrons. The molecule has 0 bridgehead atoms. The number of hydrogen-bond donors (Lipinski definition) is 1. The first-order valence-electron chi connectivity index (χ1n) is 5.15. The van der Waals surface area contributed by atoms with Crippen LogP contribution in [0.25, 0.3) is 10.5 Å². The van der Waals surface area contributed by atoms with Crippen molar-refractivity contribution < 1.29 is 8.42 Å². The van der Waals surface area contributed by atoms with Crippen molar-refractivity contribution in [2.24, 2.45) is 5.14 Å². The van der Waals surface area contributed by atoms with Crippen molar-refractivity contribution in [1.29, 1.82) is 0 Å². The van der Waals surface area contributed by atoms with Gasteiger partial charge in [-0.1, -0.05) is 18.2 Å². The van der Waals surface area contributed by atoms with Crippen LogP contribution in [-0.2, 0) is 10.0 Å². The van der Waals surface area contributed by atoms with E-state index in [1.807, 2.05) is 18.2 Å². The fourth-order valence-electron chi connectivity index (χ4n) is 2.25. The monoisotopic (exact) mass is 246 g/mol. The van der Waals surface area contributed by atoms with Gasteiger partial charge >= 0.3 is 0 Å². The molecule has 17 heavy (non-hydrogen) atoms. The SMILES string of the molecule is NS(=O)(=O)C1=c2ccncc2=C2C=CC=C2C1. The van der Waals surface area contributed by atoms with Gasteiger partial charge in [-0.15, -0.1) is 0 Å². The van der Waals surface area contributed by atoms with Crippen LogP contribution in [0.1, 0.15) is 6.42 Å². The lowest BCUT2D eigenvalue weighted by atomic mass is 9.98. The molecule has 2 N–H and O–H groups in total. The summed E-state index contributed by atoms with van der Waals surface area (Å²) in [7, 11) is -3.67. The van der Waals surface area contributed by atoms with E-state index in [1.54, 1.807) is 18.5 Å². The van der Waals surface area contributed by atoms with E-state index in [0.717, 1.165) is 16.4 Å². The maximum absolute atomic E-state index is 11.6. The second kappa shape index (κ2) is 3.38. The van der Waals surface area contributed by atoms with Crippen LogP contribution in [0, 0.1) is 0 Å². The Labute approximate surface area is 98.5 Å². The van der Waals surface area contributed by atoms with E-state index >= 15 is 0 Å². The summed E-state index contributed by atoms with van der Waals surface area (Å²) in [6.45, 7) is 0. The maximum Gasteiger partial charge on any atom is 0.235 e. The van der Waals surface area contributed by atoms with Gasteiger partial charge in [-0.25, -0.2) is 13.6 Å². The lowest BCUT2D eigenvalue weighted by Crippen LogP contribution is -2.36. The quantitative estimate of drug-likeness (QED) is 0.728. The first kappa shape index (κ1) is 10.4. The number of primary sulfonamides is 1. The lowest BCUT2D eigenvalue weighted by molar-refractivity contribution is 0.606. The highest BCUT2D eigenvalue weighted by Crippen LogP contribution is 2.28. The number of aromatic nitrogens is 1. The molecule has 0 fully saturated rings. The van der Waals surface area contributed by atoms with Gasteiger partial charge in [0.25, 0.3) is 0 Å². The zero-order chi connectivity index (χ0) is 12.0. The molecule has 0 unspecified atom stereocenters. The minimum atomic E-state index is -3.67. The molecule has 1 aromatic heterocycles. The molecular weight excluding hydrogens is 236 g/mol. The molecule has 0 saturated heterocycles. The average molecular weight is 246 g/mol. The number of fused-ring (bicyclic) bond motifs is 2. The summed E-state index contributed by atoms with van der Waals surface area (Å²) in [5.41, 5.74) is 2.02. The molecule has 2 aliphatic rings. The number of allylic oxidation sites excluding steroid dienone is 4. The molecule has 0 saturated carbocycles. The Kier molecular flexibility index (Phi) is 2.08. The first-order valence-corrected chi connectivity index (χ1v) is 6.70. The van der Waals surface area contributed by atoms with E-state index in [2.05, 4.69) is 4.98 Å². The van der Waals surface area contributed by atoms with Crippen LogP contribution in [0.2, 0.25) is 0 Å². The van der Waals surface area contributed by atoms with Gasteiger partial charge in [0.2, 0.25) is 10.0 Å². The van der Waals surface area contributed by atoms with Gasteiger partial charge in [0.1, 0.15) is 0 Å². The normalized spacial score (nSPS) is 17.8. The Morgan fingerprint density at radius 1 is 1.29 bits per heavy atom. The Bertz CT molecular complexity index is 786. The third kappa shape index (κ3) is 1.55. The van der Waals surface area contributed by atoms with Gasteiger partial charge in [0, 0.05) is 29.3 Å². The molecule has 0 atom stereocenters. The fourth-order valence-corrected chi connectivity index (χ4v) is 3.09. The molecule has 1 aromatic rings. The van der Waals surface area contributed by atoms with E-state index in [1.165, 1.54) is 0 Å². The van der Waals surface area contributed by atoms with Crippen molar-refractivity contribution in [2.75, 3.05) is 0 Å². The smallest absolute Gasteiger partial charge is 0.235 e. The van der Waals surface area contributed by atoms with Gasteiger partial charge in [0.05, 0.1) is 4.91 Å². The van der Waals surface area contributed by atoms with Gasteiger partial charge in [-0.2, -0.15) is 0 Å². The topological polar surface area (TPSA) is 73.1 Å². The number of nitrogens with two attached hydrogens (primary N) is 1. The van der Waals surface area contributed by atoms with Crippen LogP contribution in [-0.4, -0.2) is 13.4 Å². The van der Waals surface area contributed by atoms with E-state index < -0.39 is 10.0 Å². The molecule has 5 heteroatoms. The van der Waals surface area contributed by atoms with Crippen LogP contribution in [0.5, 0.6) is 0 Å². The van der Waals surface area contributed by atoms with Crippen molar-refractivity contribution in [2.45, 2.75) is 6.42 Å². The van der Waals surface area contributed by atoms with Crippen molar-refractivity contribution >= 4 is 20.5 Å². The average Bonchev–Trinajstić information content (AvgIpc) is 2.74. The van der Waals surface area contributed by atoms with E-state index in [-0.39, 0.29) is 4.91 Å². The highest BCUT2D eigenvalue weighted by Gasteiger charge is 2.22. The number of nitrogens with zero attached hydrogens (tertiary/aromatic N) is 1. The summed E-state index contributed by atoms with van der Waals surface area (Å²) in [4.78, 5) is 4.32. The predicted octanol–water partition coefficient (Wildman–Crippen LogP) is -0.471. The van der Waals surface area contributed by atoms with Crippen molar-refractivity contribution in [3.8, 4) is 0 Å². The van der Waals surface area contributed by atoms with Crippen LogP contribution in [0.4, 0.5) is 0 Å². The van der Waals surface area contributed by atoms with E-state index in [0.29, 0.717) is 11.6 Å². The summed E-state index contributed by atoms with van der Waals surface area (Å²) >= 11 is 0. The Morgan fingerprint density at radius 2 is 2.12 bits per heavy atom. The molecule has 4 nitrogen and oxygen atoms in total. The predicted molar refractivity (Wildman–Crippen MR) is 65.3 cm³/mol. The largest absolute Gasteiger partial charge is 0.264 e. The second-order valence-corrected chi connectivity index (χ2v) is 5.61. The fraction of sp³-hybridized carbons (Fsp3) is 0.0833. The summed E-state index contributed by atoms with van der Waals surface area (Å²) in [5.74, 6) is 0. The molecule has 0 radical (unpaired) electrons. The van der Waals surface area contributed by atoms with Crippen molar-refractivity contribution in [3.63, 3.8) is 0 Å². The number of pyridine rings is 1. The molecule has 0 spiro atoms. The molecule has 1 heterocycles. The van der Waals surface area contributed by atoms with E-state index in [9.17, 15) is 8.42 Å². The molecule has 3 rings (SSSR count). The van der Waals surface area contributed by atoms with Gasteiger partial charge in [-0.05, 0) is 17.2 Å². The summed E-state index contributed by atoms with van der Waals surface area (Å²) in [5, 5.41) is 6.77. The molecule has 0 aliphatic heterocycles. The zero-order valence-corrected chi connectivity index (χ0v) is 9.74. The number of hydrogen-bond acceptors (Lipinski definition) is 3. The first-order chi connectivity index (χ1) is 8.07. The van der Waals surface area contributed by atoms with Gasteiger partial charge in [0.15, 0.2) is 0 Å². The van der Waals surface area contributed by atoms with Gasteiger partial charge in [-0.3, -0.25) is 4.98 Å². The van der Waals surface area contributed by atoms with Crippen LogP contribution >= 0.6 is 0 Å². The maximum atomic E-state index is 11.6. The molecule has 2 aliphatic carbocycles. The minimum Gasteiger partial charge on any atom is -0.264 e. The molecule has 0 amide bonds. The second-order valence-electron chi connectivity index (χ2n) is 4.03. The van der Waals surface area contributed by atoms with Gasteiger partial charge < -0.3 is 0 Å². The van der Waals surface area contributed by atoms with Crippen molar-refractivity contribution in [1.82, 2.24) is 4.98 Å². The number of sulfonamides is 1. The third-order valence-corrected chi connectivity index (χ3v) is 4.06. The molecular formula is C12H10N2O2S. The zero-order valence-electron chi connectivity index (χ0n) is 8.92. The van der Waals surface area contributed by atoms with Crippen molar-refractivity contribution in [3.05, 3.63) is 52.7 Å². The van der Waals surface area contributed by atoms with Crippen LogP contribution in [0.3, 0.4) is 0 Å². The van der Waals surface area contributed by atoms with E-state index in [4.69, 9.17) is 5.14 Å². The number of rotatable bonds is 1. The lowest BCUT2D eigenvalue weighted by Gasteiger charge is -2.14. The highest BCUT2D eigenvalue weighted by molar-refractivity contribution is 7.98. The Morgan fingerprint density at radius 3 is 2.88 bits per heavy atom. The van der Waals surface area contributed by atoms with Crippen LogP contribution < -0.4 is 15.6 Å². The standard InChI is InChI=1S/C12H10N2O2S/c13-17(15,16)12-6-8-2-1-3-9(8)11-7-14-5-4-10(11)12/h1-5,7H,6H2,(H2,13,15,16). The Hall–Kier alpha value is -1.72. The minimum absolute atomic E-state index is 0.272. The summed E-state index contributed by atoms with van der Waals surface area (Å²) in [6.07, 6.45) is 9.41. The highest BCUT2D eigenvalue weighted by atomic mass is 32.2. The summed E-state index contributed by atoms with van der Waals surface area (Å²) in [6, 6.07) is 1.70. The third-order valence-electron chi connectivity index (χ3n) is 3.01. The molecule has 0 aromatic carbocycles. The Balaban J connectivity index is 2.56. The van der Waals surface area contributed by atoms with Crippen LogP contribution in [0.15, 0.2) is 42.3 Å². The summed E-state index contributed by atoms with van der Waals surface area (Å²) < 4.78 is 23.2.